The predicted octanol–water partition coefficient (Wildman–Crippen LogP) is 4.41. The number of nitro benzene ring substituents is 1. The van der Waals surface area contributed by atoms with Crippen molar-refractivity contribution in [3.63, 3.8) is 0 Å². The summed E-state index contributed by atoms with van der Waals surface area (Å²) < 4.78 is 0. The summed E-state index contributed by atoms with van der Waals surface area (Å²) in [5, 5.41) is 22.1. The number of aromatic amines is 1. The van der Waals surface area contributed by atoms with Crippen molar-refractivity contribution in [2.24, 2.45) is 0 Å². The number of nitrogens with zero attached hydrogens (tertiary/aromatic N) is 3. The summed E-state index contributed by atoms with van der Waals surface area (Å²) in [6.07, 6.45) is 0. The molecule has 1 saturated heterocycles. The number of anilines is 1. The Morgan fingerprint density at radius 2 is 1.79 bits per heavy atom. The number of fused-ring (bicyclic) bond motifs is 1. The molecule has 0 saturated carbocycles. The van der Waals surface area contributed by atoms with Gasteiger partial charge in [-0.2, -0.15) is 0 Å². The van der Waals surface area contributed by atoms with Crippen LogP contribution in [0.2, 0.25) is 0 Å². The van der Waals surface area contributed by atoms with E-state index in [1.165, 1.54) is 29.2 Å². The van der Waals surface area contributed by atoms with Crippen LogP contribution in [0, 0.1) is 17.0 Å². The van der Waals surface area contributed by atoms with Gasteiger partial charge in [-0.3, -0.25) is 24.6 Å². The number of amides is 1. The molecule has 1 aliphatic heterocycles. The van der Waals surface area contributed by atoms with E-state index in [0.29, 0.717) is 16.6 Å². The van der Waals surface area contributed by atoms with Gasteiger partial charge in [0.15, 0.2) is 0 Å². The standard InChI is InChI=1S/C25H18N4O5/c1-14-5-4-6-16(13-14)21-20(22(30)15-9-11-17(12-10-15)29(33)34)23(31)24(32)28(21)25-26-18-7-2-3-8-19(18)27-25/h2-13,21,30H,1H3,(H,26,27)/b22-20+. The number of rotatable bonds is 4. The highest BCUT2D eigenvalue weighted by atomic mass is 16.6. The number of imidazole rings is 1. The minimum atomic E-state index is -0.948. The molecule has 1 amide bonds. The van der Waals surface area contributed by atoms with E-state index in [-0.39, 0.29) is 22.8 Å². The number of aliphatic hydroxyl groups is 1. The Hall–Kier alpha value is -4.79. The molecule has 34 heavy (non-hydrogen) atoms. The van der Waals surface area contributed by atoms with Crippen LogP contribution in [0.4, 0.5) is 11.6 Å². The van der Waals surface area contributed by atoms with Gasteiger partial charge in [-0.05, 0) is 36.8 Å². The van der Waals surface area contributed by atoms with Gasteiger partial charge >= 0.3 is 5.91 Å². The Morgan fingerprint density at radius 3 is 2.47 bits per heavy atom. The van der Waals surface area contributed by atoms with E-state index in [0.717, 1.165) is 5.56 Å². The Balaban J connectivity index is 1.71. The third-order valence-corrected chi connectivity index (χ3v) is 5.76. The molecule has 168 valence electrons. The van der Waals surface area contributed by atoms with Gasteiger partial charge in [0, 0.05) is 17.7 Å². The Bertz CT molecular complexity index is 1470. The highest BCUT2D eigenvalue weighted by Gasteiger charge is 2.48. The molecule has 2 heterocycles. The van der Waals surface area contributed by atoms with Gasteiger partial charge in [-0.1, -0.05) is 42.0 Å². The van der Waals surface area contributed by atoms with Gasteiger partial charge in [0.25, 0.3) is 11.5 Å². The summed E-state index contributed by atoms with van der Waals surface area (Å²) in [6.45, 7) is 1.88. The molecule has 1 unspecified atom stereocenters. The third kappa shape index (κ3) is 3.39. The molecule has 0 aliphatic carbocycles. The second kappa shape index (κ2) is 7.96. The molecule has 5 rings (SSSR count). The van der Waals surface area contributed by atoms with Crippen molar-refractivity contribution in [2.45, 2.75) is 13.0 Å². The zero-order valence-electron chi connectivity index (χ0n) is 17.9. The number of aliphatic hydroxyl groups excluding tert-OH is 1. The van der Waals surface area contributed by atoms with Crippen LogP contribution >= 0.6 is 0 Å². The van der Waals surface area contributed by atoms with Gasteiger partial charge in [-0.25, -0.2) is 4.98 Å². The van der Waals surface area contributed by atoms with Crippen LogP contribution in [0.3, 0.4) is 0 Å². The van der Waals surface area contributed by atoms with Crippen LogP contribution in [-0.4, -0.2) is 31.7 Å². The van der Waals surface area contributed by atoms with Crippen molar-refractivity contribution < 1.29 is 19.6 Å². The number of non-ortho nitro benzene ring substituents is 1. The summed E-state index contributed by atoms with van der Waals surface area (Å²) in [7, 11) is 0. The summed E-state index contributed by atoms with van der Waals surface area (Å²) in [6, 6.07) is 18.7. The highest BCUT2D eigenvalue weighted by molar-refractivity contribution is 6.51. The fraction of sp³-hybridized carbons (Fsp3) is 0.0800. The van der Waals surface area contributed by atoms with Gasteiger partial charge in [0.05, 0.1) is 27.6 Å². The van der Waals surface area contributed by atoms with E-state index in [4.69, 9.17) is 0 Å². The molecule has 0 radical (unpaired) electrons. The number of benzene rings is 3. The van der Waals surface area contributed by atoms with Crippen LogP contribution in [0.15, 0.2) is 78.4 Å². The maximum Gasteiger partial charge on any atom is 0.302 e. The molecular formula is C25H18N4O5. The number of carbonyl (C=O) groups excluding carboxylic acids is 2. The van der Waals surface area contributed by atoms with Gasteiger partial charge in [0.2, 0.25) is 5.95 Å². The van der Waals surface area contributed by atoms with E-state index in [1.807, 2.05) is 31.2 Å². The lowest BCUT2D eigenvalue weighted by Crippen LogP contribution is -2.30. The molecule has 1 aliphatic rings. The average Bonchev–Trinajstić information content (AvgIpc) is 3.37. The zero-order chi connectivity index (χ0) is 24.0. The van der Waals surface area contributed by atoms with Crippen molar-refractivity contribution in [1.82, 2.24) is 9.97 Å². The lowest BCUT2D eigenvalue weighted by Gasteiger charge is -2.23. The number of carbonyl (C=O) groups is 2. The first-order valence-corrected chi connectivity index (χ1v) is 10.4. The highest BCUT2D eigenvalue weighted by Crippen LogP contribution is 2.42. The van der Waals surface area contributed by atoms with Gasteiger partial charge < -0.3 is 10.1 Å². The topological polar surface area (TPSA) is 129 Å². The number of para-hydroxylation sites is 2. The second-order valence-corrected chi connectivity index (χ2v) is 7.96. The van der Waals surface area contributed by atoms with E-state index in [9.17, 15) is 24.8 Å². The van der Waals surface area contributed by atoms with Crippen molar-refractivity contribution in [1.29, 1.82) is 0 Å². The first kappa shape index (κ1) is 21.1. The van der Waals surface area contributed by atoms with Crippen LogP contribution in [0.25, 0.3) is 16.8 Å². The molecular weight excluding hydrogens is 436 g/mol. The average molecular weight is 454 g/mol. The molecule has 3 aromatic carbocycles. The minimum Gasteiger partial charge on any atom is -0.507 e. The number of nitrogens with one attached hydrogen (secondary N) is 1. The number of hydrogen-bond acceptors (Lipinski definition) is 6. The maximum atomic E-state index is 13.2. The van der Waals surface area contributed by atoms with Crippen LogP contribution in [-0.2, 0) is 9.59 Å². The maximum absolute atomic E-state index is 13.2. The molecule has 1 atom stereocenters. The Labute approximate surface area is 193 Å². The number of aromatic nitrogens is 2. The molecule has 4 aromatic rings. The first-order chi connectivity index (χ1) is 16.3. The molecule has 1 aromatic heterocycles. The summed E-state index contributed by atoms with van der Waals surface area (Å²) in [5.74, 6) is -1.95. The number of H-pyrrole nitrogens is 1. The monoisotopic (exact) mass is 454 g/mol. The number of aryl methyl sites for hydroxylation is 1. The fourth-order valence-electron chi connectivity index (χ4n) is 4.16. The molecule has 9 heteroatoms. The van der Waals surface area contributed by atoms with Crippen molar-refractivity contribution in [3.8, 4) is 0 Å². The Kier molecular flexibility index (Phi) is 4.94. The number of ketones is 1. The van der Waals surface area contributed by atoms with Crippen molar-refractivity contribution in [3.05, 3.63) is 105 Å². The zero-order valence-corrected chi connectivity index (χ0v) is 17.9. The normalized spacial score (nSPS) is 17.4. The fourth-order valence-corrected chi connectivity index (χ4v) is 4.16. The second-order valence-electron chi connectivity index (χ2n) is 7.96. The van der Waals surface area contributed by atoms with Crippen molar-refractivity contribution >= 4 is 40.1 Å². The summed E-state index contributed by atoms with van der Waals surface area (Å²) in [5.41, 5.74) is 2.74. The van der Waals surface area contributed by atoms with Crippen molar-refractivity contribution in [2.75, 3.05) is 4.90 Å². The number of Topliss-reactive ketones (excluding diaryl/α,β-unsaturated/α-hetero) is 1. The van der Waals surface area contributed by atoms with Crippen LogP contribution < -0.4 is 4.90 Å². The molecule has 0 spiro atoms. The van der Waals surface area contributed by atoms with E-state index in [1.54, 1.807) is 24.3 Å². The smallest absolute Gasteiger partial charge is 0.302 e. The van der Waals surface area contributed by atoms with E-state index in [2.05, 4.69) is 9.97 Å². The van der Waals surface area contributed by atoms with Crippen LogP contribution in [0.1, 0.15) is 22.7 Å². The van der Waals surface area contributed by atoms with Crippen LogP contribution in [0.5, 0.6) is 0 Å². The molecule has 0 bridgehead atoms. The van der Waals surface area contributed by atoms with Gasteiger partial charge in [-0.15, -0.1) is 0 Å². The SMILES string of the molecule is Cc1cccc(C2/C(=C(\O)c3ccc([N+](=O)[O-])cc3)C(=O)C(=O)N2c2nc3ccccc3[nH]2)c1. The lowest BCUT2D eigenvalue weighted by atomic mass is 9.94. The minimum absolute atomic E-state index is 0.120. The summed E-state index contributed by atoms with van der Waals surface area (Å²) in [4.78, 5) is 45.7. The largest absolute Gasteiger partial charge is 0.507 e. The molecule has 2 N–H and O–H groups in total. The predicted molar refractivity (Wildman–Crippen MR) is 125 cm³/mol. The Morgan fingerprint density at radius 1 is 1.06 bits per heavy atom. The van der Waals surface area contributed by atoms with E-state index >= 15 is 0 Å². The summed E-state index contributed by atoms with van der Waals surface area (Å²) >= 11 is 0. The van der Waals surface area contributed by atoms with E-state index < -0.39 is 28.4 Å². The lowest BCUT2D eigenvalue weighted by molar-refractivity contribution is -0.384. The number of nitro groups is 1. The quantitative estimate of drug-likeness (QED) is 0.155. The molecule has 1 fully saturated rings. The number of hydrogen-bond donors (Lipinski definition) is 2. The van der Waals surface area contributed by atoms with Gasteiger partial charge in [0.1, 0.15) is 5.76 Å². The third-order valence-electron chi connectivity index (χ3n) is 5.76. The molecule has 9 nitrogen and oxygen atoms in total. The first-order valence-electron chi connectivity index (χ1n) is 10.4.